The molecule has 1 aliphatic rings. The molecule has 28 heavy (non-hydrogen) atoms. The Morgan fingerprint density at radius 1 is 1.11 bits per heavy atom. The molecule has 144 valence electrons. The molecule has 0 bridgehead atoms. The van der Waals surface area contributed by atoms with E-state index in [1.165, 1.54) is 47.4 Å². The minimum absolute atomic E-state index is 0.0218. The molecule has 6 nitrogen and oxygen atoms in total. The lowest BCUT2D eigenvalue weighted by Gasteiger charge is -2.26. The Balaban J connectivity index is 1.81. The Bertz CT molecular complexity index is 913. The number of anilines is 2. The van der Waals surface area contributed by atoms with Crippen LogP contribution in [0.5, 0.6) is 0 Å². The molecule has 1 fully saturated rings. The molecule has 2 aromatic carbocycles. The Kier molecular flexibility index (Phi) is 5.49. The summed E-state index contributed by atoms with van der Waals surface area (Å²) in [5, 5.41) is 2.57. The largest absolute Gasteiger partial charge is 0.322 e. The van der Waals surface area contributed by atoms with Crippen LogP contribution in [-0.2, 0) is 9.59 Å². The first-order valence-electron chi connectivity index (χ1n) is 8.47. The summed E-state index contributed by atoms with van der Waals surface area (Å²) < 4.78 is 26.2. The predicted octanol–water partition coefficient (Wildman–Crippen LogP) is 3.32. The third kappa shape index (κ3) is 3.90. The van der Waals surface area contributed by atoms with Crippen LogP contribution in [0.4, 0.5) is 25.0 Å². The highest BCUT2D eigenvalue weighted by atomic mass is 19.1. The molecule has 1 saturated heterocycles. The molecular formula is C20H17F2N3O3. The second-order valence-corrected chi connectivity index (χ2v) is 6.14. The normalized spacial score (nSPS) is 16.2. The molecule has 3 rings (SSSR count). The lowest BCUT2D eigenvalue weighted by molar-refractivity contribution is -0.122. The minimum Gasteiger partial charge on any atom is -0.308 e. The maximum absolute atomic E-state index is 13.1. The van der Waals surface area contributed by atoms with Crippen LogP contribution in [0.15, 0.2) is 61.2 Å². The van der Waals surface area contributed by atoms with E-state index in [0.717, 1.165) is 17.0 Å². The summed E-state index contributed by atoms with van der Waals surface area (Å²) in [5.74, 6) is -2.03. The maximum Gasteiger partial charge on any atom is 0.322 e. The third-order valence-electron chi connectivity index (χ3n) is 4.27. The van der Waals surface area contributed by atoms with Gasteiger partial charge in [-0.25, -0.2) is 18.5 Å². The lowest BCUT2D eigenvalue weighted by Crippen LogP contribution is -2.47. The van der Waals surface area contributed by atoms with Gasteiger partial charge in [-0.2, -0.15) is 0 Å². The van der Waals surface area contributed by atoms with Crippen molar-refractivity contribution in [1.29, 1.82) is 0 Å². The van der Waals surface area contributed by atoms with E-state index in [9.17, 15) is 23.2 Å². The summed E-state index contributed by atoms with van der Waals surface area (Å²) in [6, 6.07) is 8.42. The number of carbonyl (C=O) groups excluding carboxylic acids is 3. The van der Waals surface area contributed by atoms with Gasteiger partial charge >= 0.3 is 6.03 Å². The lowest BCUT2D eigenvalue weighted by atomic mass is 10.2. The van der Waals surface area contributed by atoms with Crippen LogP contribution < -0.4 is 10.2 Å². The number of nitrogens with zero attached hydrogens (tertiary/aromatic N) is 2. The molecule has 2 aromatic rings. The summed E-state index contributed by atoms with van der Waals surface area (Å²) in [7, 11) is 0. The molecule has 4 amide bonds. The number of carbonyl (C=O) groups is 3. The summed E-state index contributed by atoms with van der Waals surface area (Å²) in [5.41, 5.74) is 0.573. The number of urea groups is 1. The zero-order valence-corrected chi connectivity index (χ0v) is 14.8. The van der Waals surface area contributed by atoms with Crippen LogP contribution in [0.3, 0.4) is 0 Å². The fourth-order valence-corrected chi connectivity index (χ4v) is 2.94. The highest BCUT2D eigenvalue weighted by Gasteiger charge is 2.44. The van der Waals surface area contributed by atoms with Crippen molar-refractivity contribution in [2.75, 3.05) is 16.8 Å². The summed E-state index contributed by atoms with van der Waals surface area (Å²) >= 11 is 0. The molecule has 0 unspecified atom stereocenters. The second kappa shape index (κ2) is 7.99. The number of imide groups is 1. The van der Waals surface area contributed by atoms with Crippen LogP contribution in [0.2, 0.25) is 0 Å². The van der Waals surface area contributed by atoms with Crippen LogP contribution in [0.1, 0.15) is 6.42 Å². The van der Waals surface area contributed by atoms with Gasteiger partial charge in [0, 0.05) is 12.2 Å². The second-order valence-electron chi connectivity index (χ2n) is 6.14. The number of benzene rings is 2. The zero-order valence-electron chi connectivity index (χ0n) is 14.8. The topological polar surface area (TPSA) is 69.7 Å². The van der Waals surface area contributed by atoms with E-state index in [1.54, 1.807) is 0 Å². The highest BCUT2D eigenvalue weighted by molar-refractivity contribution is 6.23. The first kappa shape index (κ1) is 19.2. The van der Waals surface area contributed by atoms with E-state index in [1.807, 2.05) is 0 Å². The Hall–Kier alpha value is -3.55. The fraction of sp³-hybridized carbons (Fsp3) is 0.150. The molecule has 1 N–H and O–H groups in total. The van der Waals surface area contributed by atoms with E-state index in [0.29, 0.717) is 5.69 Å². The smallest absolute Gasteiger partial charge is 0.308 e. The fourth-order valence-electron chi connectivity index (χ4n) is 2.94. The first-order chi connectivity index (χ1) is 13.4. The number of hydrogen-bond acceptors (Lipinski definition) is 3. The van der Waals surface area contributed by atoms with Gasteiger partial charge in [-0.15, -0.1) is 6.58 Å². The van der Waals surface area contributed by atoms with E-state index < -0.39 is 35.5 Å². The standard InChI is InChI=1S/C20H17F2N3O3/c1-2-11-24(20(28)23-15-7-3-13(21)4-8-15)17-12-18(26)25(19(17)27)16-9-5-14(22)6-10-16/h2-10,17H,1,11-12H2,(H,23,28)/t17-/m0/s1. The quantitative estimate of drug-likeness (QED) is 0.634. The molecule has 0 radical (unpaired) electrons. The van der Waals surface area contributed by atoms with Gasteiger partial charge in [0.15, 0.2) is 0 Å². The van der Waals surface area contributed by atoms with Crippen molar-refractivity contribution >= 4 is 29.2 Å². The molecule has 0 spiro atoms. The van der Waals surface area contributed by atoms with Crippen molar-refractivity contribution in [2.24, 2.45) is 0 Å². The number of halogens is 2. The Labute approximate surface area is 160 Å². The van der Waals surface area contributed by atoms with Gasteiger partial charge in [0.1, 0.15) is 17.7 Å². The number of rotatable bonds is 5. The molecule has 8 heteroatoms. The van der Waals surface area contributed by atoms with Crippen molar-refractivity contribution < 1.29 is 23.2 Å². The van der Waals surface area contributed by atoms with Crippen LogP contribution in [0.25, 0.3) is 0 Å². The maximum atomic E-state index is 13.1. The molecule has 1 atom stereocenters. The molecular weight excluding hydrogens is 368 g/mol. The van der Waals surface area contributed by atoms with Gasteiger partial charge < -0.3 is 10.2 Å². The monoisotopic (exact) mass is 385 g/mol. The molecule has 0 saturated carbocycles. The van der Waals surface area contributed by atoms with Gasteiger partial charge in [-0.05, 0) is 48.5 Å². The number of nitrogens with one attached hydrogen (secondary N) is 1. The summed E-state index contributed by atoms with van der Waals surface area (Å²) in [6.45, 7) is 3.60. The summed E-state index contributed by atoms with van der Waals surface area (Å²) in [6.07, 6.45) is 1.23. The minimum atomic E-state index is -1.03. The van der Waals surface area contributed by atoms with Crippen molar-refractivity contribution in [3.8, 4) is 0 Å². The van der Waals surface area contributed by atoms with Crippen LogP contribution in [0, 0.1) is 11.6 Å². The average molecular weight is 385 g/mol. The van der Waals surface area contributed by atoms with E-state index in [2.05, 4.69) is 11.9 Å². The van der Waals surface area contributed by atoms with Crippen molar-refractivity contribution in [3.63, 3.8) is 0 Å². The molecule has 0 aliphatic carbocycles. The highest BCUT2D eigenvalue weighted by Crippen LogP contribution is 2.26. The van der Waals surface area contributed by atoms with E-state index in [4.69, 9.17) is 0 Å². The van der Waals surface area contributed by atoms with Crippen molar-refractivity contribution in [2.45, 2.75) is 12.5 Å². The molecule has 1 heterocycles. The van der Waals surface area contributed by atoms with Crippen molar-refractivity contribution in [1.82, 2.24) is 4.90 Å². The Morgan fingerprint density at radius 3 is 2.25 bits per heavy atom. The van der Waals surface area contributed by atoms with Gasteiger partial charge in [0.25, 0.3) is 5.91 Å². The van der Waals surface area contributed by atoms with Gasteiger partial charge in [0.2, 0.25) is 5.91 Å². The molecule has 1 aliphatic heterocycles. The van der Waals surface area contributed by atoms with Crippen LogP contribution >= 0.6 is 0 Å². The van der Waals surface area contributed by atoms with E-state index in [-0.39, 0.29) is 18.7 Å². The van der Waals surface area contributed by atoms with E-state index >= 15 is 0 Å². The predicted molar refractivity (Wildman–Crippen MR) is 99.6 cm³/mol. The van der Waals surface area contributed by atoms with Gasteiger partial charge in [-0.1, -0.05) is 6.08 Å². The third-order valence-corrected chi connectivity index (χ3v) is 4.27. The Morgan fingerprint density at radius 2 is 1.68 bits per heavy atom. The summed E-state index contributed by atoms with van der Waals surface area (Å²) in [4.78, 5) is 40.0. The average Bonchev–Trinajstić information content (AvgIpc) is 2.96. The molecule has 0 aromatic heterocycles. The van der Waals surface area contributed by atoms with Gasteiger partial charge in [-0.3, -0.25) is 9.59 Å². The van der Waals surface area contributed by atoms with Crippen molar-refractivity contribution in [3.05, 3.63) is 72.8 Å². The number of amides is 4. The van der Waals surface area contributed by atoms with Crippen LogP contribution in [-0.4, -0.2) is 35.3 Å². The number of hydrogen-bond donors (Lipinski definition) is 1. The zero-order chi connectivity index (χ0) is 20.3. The first-order valence-corrected chi connectivity index (χ1v) is 8.47. The SMILES string of the molecule is C=CCN(C(=O)Nc1ccc(F)cc1)[C@H]1CC(=O)N(c2ccc(F)cc2)C1=O. The van der Waals surface area contributed by atoms with Gasteiger partial charge in [0.05, 0.1) is 12.1 Å².